The number of hydrogen-bond donors (Lipinski definition) is 1. The second-order valence-corrected chi connectivity index (χ2v) is 10.4. The maximum absolute atomic E-state index is 14.2. The molecule has 1 aliphatic heterocycles. The molecular weight excluding hydrogens is 489 g/mol. The maximum atomic E-state index is 14.2. The van der Waals surface area contributed by atoms with E-state index in [1.54, 1.807) is 28.8 Å². The number of fused-ring (bicyclic) bond motifs is 1. The third kappa shape index (κ3) is 5.23. The van der Waals surface area contributed by atoms with Gasteiger partial charge in [0.2, 0.25) is 0 Å². The van der Waals surface area contributed by atoms with Gasteiger partial charge in [-0.3, -0.25) is 0 Å². The summed E-state index contributed by atoms with van der Waals surface area (Å²) in [5.41, 5.74) is 1.25. The minimum Gasteiger partial charge on any atom is -0.343 e. The molecule has 2 heterocycles. The topological polar surface area (TPSA) is 78.1 Å². The minimum absolute atomic E-state index is 0.184. The summed E-state index contributed by atoms with van der Waals surface area (Å²) in [5, 5.41) is 10.0. The molecule has 1 atom stereocenters. The van der Waals surface area contributed by atoms with Crippen LogP contribution in [0.1, 0.15) is 42.0 Å². The normalized spacial score (nSPS) is 16.4. The fraction of sp³-hybridized carbons (Fsp3) is 0.348. The molecule has 0 saturated carbocycles. The molecule has 3 aromatic rings. The van der Waals surface area contributed by atoms with Crippen molar-refractivity contribution in [3.05, 3.63) is 70.4 Å². The molecule has 1 unspecified atom stereocenters. The summed E-state index contributed by atoms with van der Waals surface area (Å²) in [6.45, 7) is 0.583. The van der Waals surface area contributed by atoms with Gasteiger partial charge in [-0.25, -0.2) is 0 Å². The number of alkyl halides is 3. The standard InChI is InChI=1S/C23H22ClF3N4O2S/c24-18-7-4-16(5-8-18)14-30-15-20(19-9-6-17(13-28)12-21(19)30)22(23(25,26)27)29-34(32,33)31-10-2-1-3-11-31/h4-9,12,15,22,29H,1-3,10-11,14H2. The molecule has 1 aromatic heterocycles. The summed E-state index contributed by atoms with van der Waals surface area (Å²) in [6, 6.07) is 10.8. The van der Waals surface area contributed by atoms with Crippen molar-refractivity contribution in [2.75, 3.05) is 13.1 Å². The molecule has 34 heavy (non-hydrogen) atoms. The second kappa shape index (κ2) is 9.58. The van der Waals surface area contributed by atoms with Crippen molar-refractivity contribution in [1.29, 1.82) is 5.26 Å². The van der Waals surface area contributed by atoms with E-state index in [1.165, 1.54) is 24.4 Å². The summed E-state index contributed by atoms with van der Waals surface area (Å²) < 4.78 is 72.9. The van der Waals surface area contributed by atoms with E-state index >= 15 is 0 Å². The first-order chi connectivity index (χ1) is 16.1. The van der Waals surface area contributed by atoms with Crippen molar-refractivity contribution < 1.29 is 21.6 Å². The highest BCUT2D eigenvalue weighted by molar-refractivity contribution is 7.87. The maximum Gasteiger partial charge on any atom is 0.409 e. The van der Waals surface area contributed by atoms with Gasteiger partial charge in [-0.2, -0.15) is 35.9 Å². The number of benzene rings is 2. The molecule has 0 spiro atoms. The van der Waals surface area contributed by atoms with Crippen LogP contribution in [0.15, 0.2) is 48.7 Å². The highest BCUT2D eigenvalue weighted by Gasteiger charge is 2.45. The summed E-state index contributed by atoms with van der Waals surface area (Å²) in [7, 11) is -4.36. The van der Waals surface area contributed by atoms with Gasteiger partial charge in [-0.05, 0) is 42.7 Å². The lowest BCUT2D eigenvalue weighted by Gasteiger charge is -2.29. The number of aromatic nitrogens is 1. The summed E-state index contributed by atoms with van der Waals surface area (Å²) in [4.78, 5) is 0. The lowest BCUT2D eigenvalue weighted by Crippen LogP contribution is -2.47. The lowest BCUT2D eigenvalue weighted by molar-refractivity contribution is -0.153. The number of nitrogens with one attached hydrogen (secondary N) is 1. The third-order valence-corrected chi connectivity index (χ3v) is 7.70. The number of rotatable bonds is 6. The van der Waals surface area contributed by atoms with Crippen LogP contribution in [0.3, 0.4) is 0 Å². The van der Waals surface area contributed by atoms with Crippen LogP contribution in [0, 0.1) is 11.3 Å². The average Bonchev–Trinajstić information content (AvgIpc) is 3.16. The number of nitrogens with zero attached hydrogens (tertiary/aromatic N) is 3. The Hall–Kier alpha value is -2.58. The molecule has 4 rings (SSSR count). The Morgan fingerprint density at radius 1 is 1.09 bits per heavy atom. The van der Waals surface area contributed by atoms with Crippen molar-refractivity contribution in [1.82, 2.24) is 13.6 Å². The molecule has 1 saturated heterocycles. The van der Waals surface area contributed by atoms with Crippen LogP contribution >= 0.6 is 11.6 Å². The fourth-order valence-electron chi connectivity index (χ4n) is 4.17. The molecule has 6 nitrogen and oxygen atoms in total. The molecule has 11 heteroatoms. The number of hydrogen-bond acceptors (Lipinski definition) is 3. The predicted octanol–water partition coefficient (Wildman–Crippen LogP) is 5.14. The van der Waals surface area contributed by atoms with Gasteiger partial charge in [0.05, 0.1) is 11.6 Å². The zero-order chi connectivity index (χ0) is 24.5. The first-order valence-corrected chi connectivity index (χ1v) is 12.5. The Balaban J connectivity index is 1.79. The van der Waals surface area contributed by atoms with Crippen LogP contribution in [0.2, 0.25) is 5.02 Å². The summed E-state index contributed by atoms with van der Waals surface area (Å²) in [6.07, 6.45) is -1.52. The highest BCUT2D eigenvalue weighted by Crippen LogP contribution is 2.38. The van der Waals surface area contributed by atoms with Gasteiger partial charge in [-0.1, -0.05) is 36.2 Å². The Kier molecular flexibility index (Phi) is 6.92. The molecular formula is C23H22ClF3N4O2S. The molecule has 0 bridgehead atoms. The van der Waals surface area contributed by atoms with Crippen LogP contribution in [0.25, 0.3) is 10.9 Å². The average molecular weight is 511 g/mol. The van der Waals surface area contributed by atoms with Crippen LogP contribution in [-0.4, -0.2) is 36.6 Å². The van der Waals surface area contributed by atoms with Crippen molar-refractivity contribution in [2.45, 2.75) is 38.0 Å². The van der Waals surface area contributed by atoms with Crippen molar-refractivity contribution in [3.8, 4) is 6.07 Å². The largest absolute Gasteiger partial charge is 0.409 e. The Morgan fingerprint density at radius 3 is 2.38 bits per heavy atom. The SMILES string of the molecule is N#Cc1ccc2c(C(NS(=O)(=O)N3CCCCC3)C(F)(F)F)cn(Cc3ccc(Cl)cc3)c2c1. The van der Waals surface area contributed by atoms with Crippen LogP contribution in [0.4, 0.5) is 13.2 Å². The van der Waals surface area contributed by atoms with Gasteiger partial charge in [0.15, 0.2) is 0 Å². The predicted molar refractivity (Wildman–Crippen MR) is 123 cm³/mol. The van der Waals surface area contributed by atoms with Gasteiger partial charge >= 0.3 is 6.18 Å². The van der Waals surface area contributed by atoms with E-state index in [-0.39, 0.29) is 36.1 Å². The molecule has 0 amide bonds. The number of piperidine rings is 1. The minimum atomic E-state index is -4.88. The van der Waals surface area contributed by atoms with E-state index < -0.39 is 22.4 Å². The van der Waals surface area contributed by atoms with E-state index in [0.29, 0.717) is 23.4 Å². The van der Waals surface area contributed by atoms with E-state index in [9.17, 15) is 26.9 Å². The monoisotopic (exact) mass is 510 g/mol. The van der Waals surface area contributed by atoms with Gasteiger partial charge in [-0.15, -0.1) is 0 Å². The van der Waals surface area contributed by atoms with E-state index in [1.807, 2.05) is 10.8 Å². The molecule has 0 radical (unpaired) electrons. The summed E-state index contributed by atoms with van der Waals surface area (Å²) >= 11 is 5.93. The molecule has 0 aliphatic carbocycles. The van der Waals surface area contributed by atoms with Crippen LogP contribution in [0.5, 0.6) is 0 Å². The van der Waals surface area contributed by atoms with Gasteiger partial charge in [0.25, 0.3) is 10.2 Å². The van der Waals surface area contributed by atoms with E-state index in [0.717, 1.165) is 16.3 Å². The van der Waals surface area contributed by atoms with Crippen molar-refractivity contribution in [3.63, 3.8) is 0 Å². The lowest BCUT2D eigenvalue weighted by atomic mass is 10.0. The molecule has 1 fully saturated rings. The summed E-state index contributed by atoms with van der Waals surface area (Å²) in [5.74, 6) is 0. The number of halogens is 4. The molecule has 180 valence electrons. The zero-order valence-corrected chi connectivity index (χ0v) is 19.6. The zero-order valence-electron chi connectivity index (χ0n) is 18.0. The molecule has 2 aromatic carbocycles. The van der Waals surface area contributed by atoms with Crippen LogP contribution < -0.4 is 4.72 Å². The van der Waals surface area contributed by atoms with Gasteiger partial charge in [0.1, 0.15) is 6.04 Å². The Labute approximate surface area is 200 Å². The first kappa shape index (κ1) is 24.5. The van der Waals surface area contributed by atoms with Crippen molar-refractivity contribution in [2.24, 2.45) is 0 Å². The van der Waals surface area contributed by atoms with E-state index in [2.05, 4.69) is 0 Å². The molecule has 1 aliphatic rings. The highest BCUT2D eigenvalue weighted by atomic mass is 35.5. The van der Waals surface area contributed by atoms with Crippen molar-refractivity contribution >= 4 is 32.7 Å². The third-order valence-electron chi connectivity index (χ3n) is 5.87. The Bertz CT molecular complexity index is 1330. The first-order valence-electron chi connectivity index (χ1n) is 10.7. The second-order valence-electron chi connectivity index (χ2n) is 8.24. The van der Waals surface area contributed by atoms with Crippen LogP contribution in [-0.2, 0) is 16.8 Å². The fourth-order valence-corrected chi connectivity index (χ4v) is 5.75. The smallest absolute Gasteiger partial charge is 0.343 e. The number of nitriles is 1. The van der Waals surface area contributed by atoms with E-state index in [4.69, 9.17) is 11.6 Å². The quantitative estimate of drug-likeness (QED) is 0.499. The van der Waals surface area contributed by atoms with Gasteiger partial charge in [0, 0.05) is 47.3 Å². The molecule has 1 N–H and O–H groups in total. The van der Waals surface area contributed by atoms with Gasteiger partial charge < -0.3 is 4.57 Å². The Morgan fingerprint density at radius 2 is 1.76 bits per heavy atom.